The molecule has 0 spiro atoms. The topological polar surface area (TPSA) is 85.3 Å². The summed E-state index contributed by atoms with van der Waals surface area (Å²) < 4.78 is 52.6. The van der Waals surface area contributed by atoms with Crippen LogP contribution in [-0.2, 0) is 17.8 Å². The maximum atomic E-state index is 13.2. The first-order valence-electron chi connectivity index (χ1n) is 10.9. The number of nitrogens with zero attached hydrogens (tertiary/aromatic N) is 1. The van der Waals surface area contributed by atoms with Crippen LogP contribution in [0.2, 0.25) is 0 Å². The third kappa shape index (κ3) is 5.21. The van der Waals surface area contributed by atoms with Gasteiger partial charge in [0.15, 0.2) is 11.5 Å². The van der Waals surface area contributed by atoms with E-state index < -0.39 is 30.0 Å². The number of amides is 1. The highest BCUT2D eigenvalue weighted by Crippen LogP contribution is 2.37. The molecule has 1 aliphatic carbocycles. The van der Waals surface area contributed by atoms with E-state index in [1.807, 2.05) is 0 Å². The van der Waals surface area contributed by atoms with Gasteiger partial charge in [-0.15, -0.1) is 13.2 Å². The molecule has 1 fully saturated rings. The van der Waals surface area contributed by atoms with E-state index in [2.05, 4.69) is 4.74 Å². The van der Waals surface area contributed by atoms with E-state index in [9.17, 15) is 27.9 Å². The predicted octanol–water partition coefficient (Wildman–Crippen LogP) is 4.57. The number of hydrogen-bond donors (Lipinski definition) is 1. The number of halogens is 3. The van der Waals surface area contributed by atoms with Gasteiger partial charge in [-0.2, -0.15) is 0 Å². The van der Waals surface area contributed by atoms with Gasteiger partial charge < -0.3 is 24.2 Å². The number of carbonyl (C=O) groups is 2. The Balaban J connectivity index is 1.60. The van der Waals surface area contributed by atoms with Crippen LogP contribution >= 0.6 is 0 Å². The van der Waals surface area contributed by atoms with Gasteiger partial charge in [0, 0.05) is 18.5 Å². The maximum Gasteiger partial charge on any atom is 0.573 e. The number of carboxylic acids is 1. The van der Waals surface area contributed by atoms with Crippen molar-refractivity contribution in [3.05, 3.63) is 53.1 Å². The van der Waals surface area contributed by atoms with Crippen LogP contribution in [0.3, 0.4) is 0 Å². The Morgan fingerprint density at radius 3 is 2.26 bits per heavy atom. The second-order valence-corrected chi connectivity index (χ2v) is 8.36. The highest BCUT2D eigenvalue weighted by Gasteiger charge is 2.36. The number of rotatable bonds is 6. The molecule has 1 saturated carbocycles. The van der Waals surface area contributed by atoms with Crippen molar-refractivity contribution >= 4 is 11.9 Å². The minimum Gasteiger partial charge on any atom is -0.493 e. The standard InChI is InChI=1S/C24H24F3NO6/c1-32-20-11-15-10-19(23(30)31)28(13-16(15)12-21(20)33-17-4-2-3-5-17)22(29)14-6-8-18(9-7-14)34-24(25,26)27/h6-9,11-12,17,19H,2-5,10,13H2,1H3,(H,30,31). The summed E-state index contributed by atoms with van der Waals surface area (Å²) in [6.45, 7) is 0.0109. The molecular weight excluding hydrogens is 455 g/mol. The summed E-state index contributed by atoms with van der Waals surface area (Å²) in [4.78, 5) is 26.3. The van der Waals surface area contributed by atoms with Crippen molar-refractivity contribution in [2.24, 2.45) is 0 Å². The fourth-order valence-electron chi connectivity index (χ4n) is 4.43. The number of hydrogen-bond acceptors (Lipinski definition) is 5. The molecule has 7 nitrogen and oxygen atoms in total. The monoisotopic (exact) mass is 479 g/mol. The summed E-state index contributed by atoms with van der Waals surface area (Å²) >= 11 is 0. The fraction of sp³-hybridized carbons (Fsp3) is 0.417. The van der Waals surface area contributed by atoms with Crippen molar-refractivity contribution in [2.45, 2.75) is 57.2 Å². The van der Waals surface area contributed by atoms with E-state index in [1.165, 1.54) is 24.1 Å². The lowest BCUT2D eigenvalue weighted by Gasteiger charge is -2.35. The van der Waals surface area contributed by atoms with Gasteiger partial charge in [0.25, 0.3) is 5.91 Å². The van der Waals surface area contributed by atoms with Crippen molar-refractivity contribution in [1.29, 1.82) is 0 Å². The average molecular weight is 479 g/mol. The number of ether oxygens (including phenoxy) is 3. The summed E-state index contributed by atoms with van der Waals surface area (Å²) in [5.41, 5.74) is 1.53. The zero-order chi connectivity index (χ0) is 24.5. The first kappa shape index (κ1) is 23.7. The van der Waals surface area contributed by atoms with Crippen molar-refractivity contribution in [3.8, 4) is 17.2 Å². The second kappa shape index (κ2) is 9.44. The molecule has 1 amide bonds. The molecule has 2 aliphatic rings. The van der Waals surface area contributed by atoms with E-state index in [0.717, 1.165) is 48.9 Å². The number of fused-ring (bicyclic) bond motifs is 1. The molecule has 10 heteroatoms. The quantitative estimate of drug-likeness (QED) is 0.654. The zero-order valence-corrected chi connectivity index (χ0v) is 18.4. The van der Waals surface area contributed by atoms with E-state index >= 15 is 0 Å². The predicted molar refractivity (Wildman–Crippen MR) is 114 cm³/mol. The molecule has 0 radical (unpaired) electrons. The fourth-order valence-corrected chi connectivity index (χ4v) is 4.43. The lowest BCUT2D eigenvalue weighted by Crippen LogP contribution is -2.48. The third-order valence-corrected chi connectivity index (χ3v) is 6.09. The lowest BCUT2D eigenvalue weighted by molar-refractivity contribution is -0.274. The van der Waals surface area contributed by atoms with Crippen LogP contribution < -0.4 is 14.2 Å². The van der Waals surface area contributed by atoms with Crippen molar-refractivity contribution < 1.29 is 42.1 Å². The molecule has 1 unspecified atom stereocenters. The minimum atomic E-state index is -4.85. The summed E-state index contributed by atoms with van der Waals surface area (Å²) in [6.07, 6.45) is -0.639. The molecule has 182 valence electrons. The molecule has 1 heterocycles. The number of aliphatic carboxylic acids is 1. The number of benzene rings is 2. The van der Waals surface area contributed by atoms with Gasteiger partial charge in [-0.1, -0.05) is 0 Å². The minimum absolute atomic E-state index is 0.0109. The number of carboxylic acid groups (broad SMARTS) is 1. The Morgan fingerprint density at radius 1 is 1.03 bits per heavy atom. The van der Waals surface area contributed by atoms with Gasteiger partial charge in [0.2, 0.25) is 0 Å². The van der Waals surface area contributed by atoms with Crippen molar-refractivity contribution in [3.63, 3.8) is 0 Å². The molecule has 1 aliphatic heterocycles. The smallest absolute Gasteiger partial charge is 0.493 e. The SMILES string of the molecule is COc1cc2c(cc1OC1CCCC1)CN(C(=O)c1ccc(OC(F)(F)F)cc1)C(C(=O)O)C2. The molecule has 0 aromatic heterocycles. The van der Waals surface area contributed by atoms with Crippen LogP contribution in [-0.4, -0.2) is 47.5 Å². The van der Waals surface area contributed by atoms with Crippen LogP contribution in [0.1, 0.15) is 47.2 Å². The number of alkyl halides is 3. The second-order valence-electron chi connectivity index (χ2n) is 8.36. The molecule has 0 saturated heterocycles. The first-order valence-corrected chi connectivity index (χ1v) is 10.9. The van der Waals surface area contributed by atoms with Gasteiger partial charge in [0.05, 0.1) is 13.2 Å². The molecule has 34 heavy (non-hydrogen) atoms. The maximum absolute atomic E-state index is 13.2. The Morgan fingerprint density at radius 2 is 1.68 bits per heavy atom. The molecular formula is C24H24F3NO6. The van der Waals surface area contributed by atoms with Gasteiger partial charge in [-0.3, -0.25) is 4.79 Å². The Kier molecular flexibility index (Phi) is 6.58. The first-order chi connectivity index (χ1) is 16.1. The van der Waals surface area contributed by atoms with Crippen LogP contribution in [0, 0.1) is 0 Å². The largest absolute Gasteiger partial charge is 0.573 e. The summed E-state index contributed by atoms with van der Waals surface area (Å²) in [7, 11) is 1.52. The molecule has 0 bridgehead atoms. The molecule has 4 rings (SSSR count). The average Bonchev–Trinajstić information content (AvgIpc) is 3.30. The molecule has 2 aromatic rings. The van der Waals surface area contributed by atoms with Crippen molar-refractivity contribution in [2.75, 3.05) is 7.11 Å². The Bertz CT molecular complexity index is 1060. The van der Waals surface area contributed by atoms with E-state index in [4.69, 9.17) is 9.47 Å². The molecule has 2 aromatic carbocycles. The highest BCUT2D eigenvalue weighted by atomic mass is 19.4. The van der Waals surface area contributed by atoms with E-state index in [1.54, 1.807) is 12.1 Å². The summed E-state index contributed by atoms with van der Waals surface area (Å²) in [5, 5.41) is 9.78. The van der Waals surface area contributed by atoms with Crippen molar-refractivity contribution in [1.82, 2.24) is 4.90 Å². The molecule has 1 N–H and O–H groups in total. The van der Waals surface area contributed by atoms with Crippen LogP contribution in [0.15, 0.2) is 36.4 Å². The van der Waals surface area contributed by atoms with Crippen LogP contribution in [0.5, 0.6) is 17.2 Å². The van der Waals surface area contributed by atoms with Crippen LogP contribution in [0.4, 0.5) is 13.2 Å². The Labute approximate surface area is 194 Å². The Hall–Kier alpha value is -3.43. The third-order valence-electron chi connectivity index (χ3n) is 6.09. The van der Waals surface area contributed by atoms with E-state index in [0.29, 0.717) is 11.5 Å². The van der Waals surface area contributed by atoms with Gasteiger partial charge in [-0.05, 0) is 73.2 Å². The highest BCUT2D eigenvalue weighted by molar-refractivity contribution is 5.97. The normalized spacial score (nSPS) is 18.4. The summed E-state index contributed by atoms with van der Waals surface area (Å²) in [5.74, 6) is -1.20. The van der Waals surface area contributed by atoms with Gasteiger partial charge in [-0.25, -0.2) is 4.79 Å². The molecule has 1 atom stereocenters. The zero-order valence-electron chi connectivity index (χ0n) is 18.4. The number of methoxy groups -OCH3 is 1. The number of carbonyl (C=O) groups excluding carboxylic acids is 1. The summed E-state index contributed by atoms with van der Waals surface area (Å²) in [6, 6.07) is 6.80. The van der Waals surface area contributed by atoms with Crippen LogP contribution in [0.25, 0.3) is 0 Å². The van der Waals surface area contributed by atoms with Gasteiger partial charge in [0.1, 0.15) is 11.8 Å². The lowest BCUT2D eigenvalue weighted by atomic mass is 9.92. The van der Waals surface area contributed by atoms with Gasteiger partial charge >= 0.3 is 12.3 Å². The van der Waals surface area contributed by atoms with E-state index in [-0.39, 0.29) is 24.6 Å².